The molecule has 0 amide bonds. The molecule has 0 radical (unpaired) electrons. The third-order valence-electron chi connectivity index (χ3n) is 0.287. The largest absolute Gasteiger partial charge is 0.279 e. The molecule has 3 heteroatoms. The molecule has 0 aromatic heterocycles. The summed E-state index contributed by atoms with van der Waals surface area (Å²) in [5.41, 5.74) is 0. The van der Waals surface area contributed by atoms with Crippen molar-refractivity contribution < 1.29 is 0 Å². The summed E-state index contributed by atoms with van der Waals surface area (Å²) in [6, 6.07) is 0. The molecule has 0 saturated carbocycles. The zero-order valence-corrected chi connectivity index (χ0v) is 4.77. The van der Waals surface area contributed by atoms with Crippen LogP contribution in [0, 0.1) is 4.78 Å². The van der Waals surface area contributed by atoms with Crippen LogP contribution in [0.1, 0.15) is 6.92 Å². The molecule has 1 nitrogen and oxygen atoms in total. The lowest BCUT2D eigenvalue weighted by Crippen LogP contribution is -1.67. The predicted molar refractivity (Wildman–Crippen MR) is 29.4 cm³/mol. The third-order valence-corrected chi connectivity index (χ3v) is 1.64. The predicted octanol–water partition coefficient (Wildman–Crippen LogP) is 0.581. The van der Waals surface area contributed by atoms with Crippen molar-refractivity contribution in [2.45, 2.75) is 6.92 Å². The van der Waals surface area contributed by atoms with Gasteiger partial charge in [-0.3, -0.25) is 4.78 Å². The van der Waals surface area contributed by atoms with Gasteiger partial charge in [-0.2, -0.15) is 0 Å². The standard InChI is InChI=1S/C2H7NS2/c1-2-5(3)4/h3,5H,2H2,1H3. The fourth-order valence-corrected chi connectivity index (χ4v) is 0. The summed E-state index contributed by atoms with van der Waals surface area (Å²) in [6.45, 7) is 1.94. The molecule has 0 aromatic rings. The maximum absolute atomic E-state index is 6.71. The molecule has 0 aliphatic rings. The van der Waals surface area contributed by atoms with E-state index in [9.17, 15) is 0 Å². The molecule has 0 saturated heterocycles. The highest BCUT2D eigenvalue weighted by molar-refractivity contribution is 8.22. The van der Waals surface area contributed by atoms with Crippen molar-refractivity contribution in [2.75, 3.05) is 5.75 Å². The van der Waals surface area contributed by atoms with E-state index in [1.807, 2.05) is 6.92 Å². The molecule has 0 heterocycles. The summed E-state index contributed by atoms with van der Waals surface area (Å²) in [5, 5.41) is 0. The first kappa shape index (κ1) is 5.37. The zero-order valence-electron chi connectivity index (χ0n) is 3.06. The van der Waals surface area contributed by atoms with Crippen LogP contribution in [-0.2, 0) is 20.4 Å². The van der Waals surface area contributed by atoms with Gasteiger partial charge in [0.15, 0.2) is 0 Å². The summed E-state index contributed by atoms with van der Waals surface area (Å²) < 4.78 is 6.71. The molecule has 1 N–H and O–H groups in total. The topological polar surface area (TPSA) is 23.9 Å². The highest BCUT2D eigenvalue weighted by Gasteiger charge is 1.56. The van der Waals surface area contributed by atoms with E-state index in [2.05, 4.69) is 11.2 Å². The van der Waals surface area contributed by atoms with Gasteiger partial charge in [-0.1, -0.05) is 16.2 Å². The number of hydrogen-bond donors (Lipinski definition) is 2. The average Bonchev–Trinajstić information content (AvgIpc) is 1.38. The van der Waals surface area contributed by atoms with Crippen LogP contribution in [0.3, 0.4) is 0 Å². The van der Waals surface area contributed by atoms with Crippen molar-refractivity contribution in [3.05, 3.63) is 0 Å². The second-order valence-electron chi connectivity index (χ2n) is 0.695. The lowest BCUT2D eigenvalue weighted by atomic mass is 11.0. The second-order valence-corrected chi connectivity index (χ2v) is 3.41. The fraction of sp³-hybridized carbons (Fsp3) is 1.00. The lowest BCUT2D eigenvalue weighted by molar-refractivity contribution is 1.50. The van der Waals surface area contributed by atoms with Crippen molar-refractivity contribution in [2.24, 2.45) is 0 Å². The Morgan fingerprint density at radius 3 is 2.20 bits per heavy atom. The molecule has 0 fully saturated rings. The molecular formula is C2H7NS2. The maximum atomic E-state index is 6.71. The van der Waals surface area contributed by atoms with Crippen LogP contribution in [0.15, 0.2) is 0 Å². The summed E-state index contributed by atoms with van der Waals surface area (Å²) in [7, 11) is -0.765. The van der Waals surface area contributed by atoms with Crippen LogP contribution < -0.4 is 0 Å². The molecule has 0 spiro atoms. The quantitative estimate of drug-likeness (QED) is 0.473. The van der Waals surface area contributed by atoms with E-state index in [1.54, 1.807) is 0 Å². The van der Waals surface area contributed by atoms with E-state index in [4.69, 9.17) is 4.78 Å². The molecule has 0 aliphatic heterocycles. The molecule has 0 aliphatic carbocycles. The number of nitrogens with one attached hydrogen (secondary N) is 1. The summed E-state index contributed by atoms with van der Waals surface area (Å²) in [5.74, 6) is 0.852. The van der Waals surface area contributed by atoms with Gasteiger partial charge in [0.1, 0.15) is 0 Å². The summed E-state index contributed by atoms with van der Waals surface area (Å²) >= 11 is 4.51. The molecule has 1 unspecified atom stereocenters. The van der Waals surface area contributed by atoms with Crippen molar-refractivity contribution in [1.82, 2.24) is 0 Å². The van der Waals surface area contributed by atoms with E-state index >= 15 is 0 Å². The fourth-order valence-electron chi connectivity index (χ4n) is 0. The second kappa shape index (κ2) is 2.60. The Kier molecular flexibility index (Phi) is 2.79. The molecule has 0 bridgehead atoms. The van der Waals surface area contributed by atoms with Gasteiger partial charge in [-0.05, 0) is 11.2 Å². The molecule has 0 aromatic carbocycles. The van der Waals surface area contributed by atoms with E-state index in [0.717, 1.165) is 5.75 Å². The first-order valence-electron chi connectivity index (χ1n) is 1.43. The minimum absolute atomic E-state index is 0.765. The van der Waals surface area contributed by atoms with Crippen molar-refractivity contribution in [3.63, 3.8) is 0 Å². The van der Waals surface area contributed by atoms with Crippen molar-refractivity contribution in [3.8, 4) is 0 Å². The minimum atomic E-state index is -0.765. The van der Waals surface area contributed by atoms with Crippen molar-refractivity contribution >= 4 is 20.4 Å². The Morgan fingerprint density at radius 2 is 2.20 bits per heavy atom. The van der Waals surface area contributed by atoms with E-state index in [-0.39, 0.29) is 0 Å². The van der Waals surface area contributed by atoms with E-state index in [1.165, 1.54) is 0 Å². The van der Waals surface area contributed by atoms with Crippen LogP contribution in [0.25, 0.3) is 0 Å². The van der Waals surface area contributed by atoms with Gasteiger partial charge < -0.3 is 0 Å². The SMILES string of the molecule is CC[SH](=N)=S. The van der Waals surface area contributed by atoms with Gasteiger partial charge in [0, 0.05) is 5.75 Å². The lowest BCUT2D eigenvalue weighted by Gasteiger charge is -1.68. The molecular weight excluding hydrogens is 102 g/mol. The van der Waals surface area contributed by atoms with Crippen LogP contribution in [0.2, 0.25) is 0 Å². The van der Waals surface area contributed by atoms with Gasteiger partial charge in [0.25, 0.3) is 0 Å². The maximum Gasteiger partial charge on any atom is 0.00205 e. The average molecular weight is 109 g/mol. The number of hydrogen-bond acceptors (Lipinski definition) is 2. The Bertz CT molecular complexity index is 65.7. The van der Waals surface area contributed by atoms with Gasteiger partial charge in [0.05, 0.1) is 0 Å². The number of rotatable bonds is 1. The summed E-state index contributed by atoms with van der Waals surface area (Å²) in [6.07, 6.45) is 0. The van der Waals surface area contributed by atoms with Gasteiger partial charge in [-0.15, -0.1) is 0 Å². The molecule has 0 rings (SSSR count). The number of thiol groups is 1. The van der Waals surface area contributed by atoms with Crippen molar-refractivity contribution in [1.29, 1.82) is 4.78 Å². The van der Waals surface area contributed by atoms with Crippen LogP contribution in [-0.4, -0.2) is 5.75 Å². The van der Waals surface area contributed by atoms with Gasteiger partial charge >= 0.3 is 0 Å². The van der Waals surface area contributed by atoms with Crippen LogP contribution in [0.4, 0.5) is 0 Å². The van der Waals surface area contributed by atoms with Crippen LogP contribution >= 0.6 is 0 Å². The molecule has 32 valence electrons. The van der Waals surface area contributed by atoms with Gasteiger partial charge in [-0.25, -0.2) is 0 Å². The first-order chi connectivity index (χ1) is 2.27. The highest BCUT2D eigenvalue weighted by atomic mass is 32.8. The Balaban J connectivity index is 3.23. The highest BCUT2D eigenvalue weighted by Crippen LogP contribution is 1.58. The summed E-state index contributed by atoms with van der Waals surface area (Å²) in [4.78, 5) is 0. The molecule has 1 atom stereocenters. The van der Waals surface area contributed by atoms with Crippen LogP contribution in [0.5, 0.6) is 0 Å². The Labute approximate surface area is 38.5 Å². The zero-order chi connectivity index (χ0) is 4.28. The monoisotopic (exact) mass is 109 g/mol. The Hall–Kier alpha value is 0.370. The minimum Gasteiger partial charge on any atom is -0.279 e. The normalized spacial score (nSPS) is 14.6. The smallest absolute Gasteiger partial charge is 0.00205 e. The van der Waals surface area contributed by atoms with Gasteiger partial charge in [0.2, 0.25) is 0 Å². The first-order valence-corrected chi connectivity index (χ1v) is 3.97. The molecule has 5 heavy (non-hydrogen) atoms. The third kappa shape index (κ3) is 4.37. The van der Waals surface area contributed by atoms with E-state index in [0.29, 0.717) is 0 Å². The van der Waals surface area contributed by atoms with E-state index < -0.39 is 9.25 Å². The Morgan fingerprint density at radius 1 is 2.00 bits per heavy atom.